The molecular formula is C21H25ClN2O3. The first-order valence-electron chi connectivity index (χ1n) is 9.23. The van der Waals surface area contributed by atoms with Crippen LogP contribution in [-0.4, -0.2) is 25.2 Å². The predicted octanol–water partition coefficient (Wildman–Crippen LogP) is 3.54. The molecule has 0 spiro atoms. The van der Waals surface area contributed by atoms with Crippen molar-refractivity contribution in [2.24, 2.45) is 11.7 Å². The normalized spacial score (nSPS) is 18.9. The molecule has 2 unspecified atom stereocenters. The lowest BCUT2D eigenvalue weighted by Crippen LogP contribution is -2.29. The summed E-state index contributed by atoms with van der Waals surface area (Å²) in [6, 6.07) is 15.1. The molecule has 5 nitrogen and oxygen atoms in total. The number of hydrogen-bond acceptors (Lipinski definition) is 4. The fraction of sp³-hybridized carbons (Fsp3) is 0.381. The van der Waals surface area contributed by atoms with Gasteiger partial charge in [0.15, 0.2) is 0 Å². The van der Waals surface area contributed by atoms with Gasteiger partial charge < -0.3 is 20.5 Å². The highest BCUT2D eigenvalue weighted by atomic mass is 35.5. The number of hydrogen-bond donors (Lipinski definition) is 2. The molecule has 2 atom stereocenters. The molecule has 0 aromatic heterocycles. The molecule has 1 fully saturated rings. The van der Waals surface area contributed by atoms with Crippen LogP contribution in [-0.2, 0) is 11.3 Å². The Hall–Kier alpha value is -2.24. The first kappa shape index (κ1) is 19.5. The van der Waals surface area contributed by atoms with Gasteiger partial charge in [-0.3, -0.25) is 4.79 Å². The summed E-state index contributed by atoms with van der Waals surface area (Å²) < 4.78 is 11.3. The summed E-state index contributed by atoms with van der Waals surface area (Å²) in [4.78, 5) is 12.1. The first-order chi connectivity index (χ1) is 13.1. The SMILES string of the molecule is NC1CCC(C(=O)NCc2ccc(OCCOc3ccc(Cl)cc3)cc2)C1. The molecule has 2 aromatic rings. The van der Waals surface area contributed by atoms with Crippen molar-refractivity contribution < 1.29 is 14.3 Å². The van der Waals surface area contributed by atoms with Gasteiger partial charge in [0.05, 0.1) is 0 Å². The van der Waals surface area contributed by atoms with Crippen molar-refractivity contribution in [2.45, 2.75) is 31.8 Å². The fourth-order valence-electron chi connectivity index (χ4n) is 3.14. The Balaban J connectivity index is 1.35. The Morgan fingerprint density at radius 3 is 2.15 bits per heavy atom. The van der Waals surface area contributed by atoms with Gasteiger partial charge in [0.25, 0.3) is 0 Å². The number of ether oxygens (including phenoxy) is 2. The van der Waals surface area contributed by atoms with Gasteiger partial charge in [-0.1, -0.05) is 23.7 Å². The molecule has 27 heavy (non-hydrogen) atoms. The van der Waals surface area contributed by atoms with Gasteiger partial charge in [0.1, 0.15) is 24.7 Å². The number of rotatable bonds is 8. The van der Waals surface area contributed by atoms with Crippen LogP contribution < -0.4 is 20.5 Å². The molecule has 1 amide bonds. The Morgan fingerprint density at radius 1 is 1.00 bits per heavy atom. The molecule has 1 aliphatic rings. The molecule has 1 aliphatic carbocycles. The van der Waals surface area contributed by atoms with Crippen LogP contribution in [0.4, 0.5) is 0 Å². The van der Waals surface area contributed by atoms with Crippen molar-refractivity contribution in [3.63, 3.8) is 0 Å². The average Bonchev–Trinajstić information content (AvgIpc) is 3.12. The summed E-state index contributed by atoms with van der Waals surface area (Å²) in [5, 5.41) is 3.67. The zero-order chi connectivity index (χ0) is 19.1. The third-order valence-corrected chi connectivity index (χ3v) is 4.92. The van der Waals surface area contributed by atoms with E-state index in [-0.39, 0.29) is 17.9 Å². The van der Waals surface area contributed by atoms with Crippen LogP contribution >= 0.6 is 11.6 Å². The van der Waals surface area contributed by atoms with E-state index in [1.165, 1.54) is 0 Å². The zero-order valence-electron chi connectivity index (χ0n) is 15.2. The monoisotopic (exact) mass is 388 g/mol. The first-order valence-corrected chi connectivity index (χ1v) is 9.61. The third-order valence-electron chi connectivity index (χ3n) is 4.67. The summed E-state index contributed by atoms with van der Waals surface area (Å²) in [6.07, 6.45) is 2.61. The van der Waals surface area contributed by atoms with E-state index >= 15 is 0 Å². The van der Waals surface area contributed by atoms with Crippen molar-refractivity contribution in [2.75, 3.05) is 13.2 Å². The smallest absolute Gasteiger partial charge is 0.223 e. The number of carbonyl (C=O) groups excluding carboxylic acids is 1. The number of halogens is 1. The maximum absolute atomic E-state index is 12.1. The van der Waals surface area contributed by atoms with Crippen LogP contribution in [0.15, 0.2) is 48.5 Å². The van der Waals surface area contributed by atoms with E-state index in [4.69, 9.17) is 26.8 Å². The molecule has 0 aliphatic heterocycles. The minimum atomic E-state index is 0.0586. The van der Waals surface area contributed by atoms with Gasteiger partial charge in [0.2, 0.25) is 5.91 Å². The maximum Gasteiger partial charge on any atom is 0.223 e. The second-order valence-electron chi connectivity index (χ2n) is 6.78. The van der Waals surface area contributed by atoms with Crippen LogP contribution in [0.25, 0.3) is 0 Å². The molecule has 144 valence electrons. The predicted molar refractivity (Wildman–Crippen MR) is 106 cm³/mol. The van der Waals surface area contributed by atoms with E-state index in [1.54, 1.807) is 12.1 Å². The zero-order valence-corrected chi connectivity index (χ0v) is 16.0. The largest absolute Gasteiger partial charge is 0.490 e. The number of benzene rings is 2. The van der Waals surface area contributed by atoms with Gasteiger partial charge in [-0.2, -0.15) is 0 Å². The molecule has 3 rings (SSSR count). The number of nitrogens with one attached hydrogen (secondary N) is 1. The molecule has 0 bridgehead atoms. The van der Waals surface area contributed by atoms with Crippen molar-refractivity contribution >= 4 is 17.5 Å². The minimum absolute atomic E-state index is 0.0586. The molecule has 6 heteroatoms. The highest BCUT2D eigenvalue weighted by molar-refractivity contribution is 6.30. The molecule has 0 heterocycles. The van der Waals surface area contributed by atoms with Crippen molar-refractivity contribution in [3.8, 4) is 11.5 Å². The lowest BCUT2D eigenvalue weighted by Gasteiger charge is -2.12. The van der Waals surface area contributed by atoms with Crippen LogP contribution in [0, 0.1) is 5.92 Å². The van der Waals surface area contributed by atoms with Crippen LogP contribution in [0.3, 0.4) is 0 Å². The van der Waals surface area contributed by atoms with E-state index in [0.29, 0.717) is 24.8 Å². The standard InChI is InChI=1S/C21H25ClN2O3/c22-17-4-9-20(10-5-17)27-12-11-26-19-7-1-15(2-8-19)14-24-21(25)16-3-6-18(23)13-16/h1-2,4-5,7-10,16,18H,3,6,11-14,23H2,(H,24,25). The van der Waals surface area contributed by atoms with Gasteiger partial charge in [0, 0.05) is 23.5 Å². The second kappa shape index (κ2) is 9.62. The molecule has 2 aromatic carbocycles. The summed E-state index contributed by atoms with van der Waals surface area (Å²) in [5.41, 5.74) is 6.91. The van der Waals surface area contributed by atoms with Gasteiger partial charge in [-0.05, 0) is 61.2 Å². The van der Waals surface area contributed by atoms with Gasteiger partial charge >= 0.3 is 0 Å². The number of carbonyl (C=O) groups is 1. The lowest BCUT2D eigenvalue weighted by molar-refractivity contribution is -0.125. The summed E-state index contributed by atoms with van der Waals surface area (Å²) in [6.45, 7) is 1.41. The molecule has 3 N–H and O–H groups in total. The Morgan fingerprint density at radius 2 is 1.59 bits per heavy atom. The quantitative estimate of drug-likeness (QED) is 0.678. The summed E-state index contributed by atoms with van der Waals surface area (Å²) in [5.74, 6) is 1.69. The van der Waals surface area contributed by atoms with Crippen molar-refractivity contribution in [3.05, 3.63) is 59.1 Å². The highest BCUT2D eigenvalue weighted by Crippen LogP contribution is 2.24. The van der Waals surface area contributed by atoms with Gasteiger partial charge in [-0.25, -0.2) is 0 Å². The Labute approximate surface area is 164 Å². The number of nitrogens with two attached hydrogens (primary N) is 1. The summed E-state index contributed by atoms with van der Waals surface area (Å²) >= 11 is 5.84. The average molecular weight is 389 g/mol. The third kappa shape index (κ3) is 6.15. The molecule has 0 radical (unpaired) electrons. The fourth-order valence-corrected chi connectivity index (χ4v) is 3.27. The van der Waals surface area contributed by atoms with E-state index in [0.717, 1.165) is 36.3 Å². The lowest BCUT2D eigenvalue weighted by atomic mass is 10.1. The van der Waals surface area contributed by atoms with Crippen LogP contribution in [0.2, 0.25) is 5.02 Å². The van der Waals surface area contributed by atoms with Crippen molar-refractivity contribution in [1.82, 2.24) is 5.32 Å². The Bertz CT molecular complexity index is 734. The van der Waals surface area contributed by atoms with Crippen LogP contribution in [0.1, 0.15) is 24.8 Å². The van der Waals surface area contributed by atoms with Gasteiger partial charge in [-0.15, -0.1) is 0 Å². The van der Waals surface area contributed by atoms with E-state index in [9.17, 15) is 4.79 Å². The number of amides is 1. The topological polar surface area (TPSA) is 73.6 Å². The minimum Gasteiger partial charge on any atom is -0.490 e. The van der Waals surface area contributed by atoms with E-state index in [2.05, 4.69) is 5.32 Å². The molecular weight excluding hydrogens is 364 g/mol. The van der Waals surface area contributed by atoms with Crippen molar-refractivity contribution in [1.29, 1.82) is 0 Å². The highest BCUT2D eigenvalue weighted by Gasteiger charge is 2.27. The van der Waals surface area contributed by atoms with E-state index < -0.39 is 0 Å². The summed E-state index contributed by atoms with van der Waals surface area (Å²) in [7, 11) is 0. The molecule has 0 saturated heterocycles. The Kier molecular flexibility index (Phi) is 6.96. The maximum atomic E-state index is 12.1. The van der Waals surface area contributed by atoms with Crippen LogP contribution in [0.5, 0.6) is 11.5 Å². The second-order valence-corrected chi connectivity index (χ2v) is 7.22. The molecule has 1 saturated carbocycles. The van der Waals surface area contributed by atoms with E-state index in [1.807, 2.05) is 36.4 Å².